The third-order valence-electron chi connectivity index (χ3n) is 3.86. The number of nitrogens with zero attached hydrogens (tertiary/aromatic N) is 3. The second kappa shape index (κ2) is 8.06. The minimum atomic E-state index is -0.294. The molecule has 0 saturated carbocycles. The zero-order valence-electron chi connectivity index (χ0n) is 14.3. The maximum absolute atomic E-state index is 12.2. The molecule has 26 heavy (non-hydrogen) atoms. The zero-order chi connectivity index (χ0) is 18.4. The fourth-order valence-corrected chi connectivity index (χ4v) is 2.51. The summed E-state index contributed by atoms with van der Waals surface area (Å²) in [6.45, 7) is 1.85. The van der Waals surface area contributed by atoms with Gasteiger partial charge in [0, 0.05) is 36.0 Å². The van der Waals surface area contributed by atoms with Gasteiger partial charge in [0.2, 0.25) is 5.91 Å². The first-order valence-corrected chi connectivity index (χ1v) is 8.28. The monoisotopic (exact) mass is 349 g/mol. The van der Waals surface area contributed by atoms with Crippen molar-refractivity contribution in [2.24, 2.45) is 0 Å². The third-order valence-corrected chi connectivity index (χ3v) is 3.86. The van der Waals surface area contributed by atoms with E-state index in [-0.39, 0.29) is 18.4 Å². The van der Waals surface area contributed by atoms with Crippen LogP contribution in [0.4, 0.5) is 5.69 Å². The van der Waals surface area contributed by atoms with Gasteiger partial charge in [0.15, 0.2) is 0 Å². The van der Waals surface area contributed by atoms with E-state index in [9.17, 15) is 9.59 Å². The number of anilines is 1. The van der Waals surface area contributed by atoms with Crippen molar-refractivity contribution in [2.75, 3.05) is 11.9 Å². The van der Waals surface area contributed by atoms with Crippen LogP contribution < -0.4 is 10.6 Å². The SMILES string of the molecule is CCc1cnccc1C(=O)NCC(=O)Nc1ccc(-n2cccn2)cc1. The molecule has 0 saturated heterocycles. The Morgan fingerprint density at radius 1 is 1.12 bits per heavy atom. The Balaban J connectivity index is 1.55. The number of aryl methyl sites for hydroxylation is 1. The van der Waals surface area contributed by atoms with Gasteiger partial charge in [-0.3, -0.25) is 14.6 Å². The van der Waals surface area contributed by atoms with Gasteiger partial charge in [-0.25, -0.2) is 4.68 Å². The Bertz CT molecular complexity index is 889. The van der Waals surface area contributed by atoms with Gasteiger partial charge < -0.3 is 10.6 Å². The van der Waals surface area contributed by atoms with E-state index in [0.717, 1.165) is 11.3 Å². The number of nitrogens with one attached hydrogen (secondary N) is 2. The molecule has 0 bridgehead atoms. The van der Waals surface area contributed by atoms with E-state index < -0.39 is 0 Å². The number of carbonyl (C=O) groups is 2. The molecule has 2 N–H and O–H groups in total. The minimum Gasteiger partial charge on any atom is -0.343 e. The van der Waals surface area contributed by atoms with Gasteiger partial charge in [-0.2, -0.15) is 5.10 Å². The average Bonchev–Trinajstić information content (AvgIpc) is 3.21. The van der Waals surface area contributed by atoms with E-state index in [1.165, 1.54) is 0 Å². The number of amides is 2. The van der Waals surface area contributed by atoms with Gasteiger partial charge in [0.1, 0.15) is 0 Å². The normalized spacial score (nSPS) is 10.3. The molecule has 0 aliphatic rings. The number of rotatable bonds is 6. The standard InChI is InChI=1S/C19H19N5O2/c1-2-14-12-20-10-8-17(14)19(26)21-13-18(25)23-15-4-6-16(7-5-15)24-11-3-9-22-24/h3-12H,2,13H2,1H3,(H,21,26)(H,23,25). The predicted molar refractivity (Wildman–Crippen MR) is 98.1 cm³/mol. The van der Waals surface area contributed by atoms with Gasteiger partial charge in [-0.05, 0) is 48.4 Å². The molecule has 3 rings (SSSR count). The highest BCUT2D eigenvalue weighted by Crippen LogP contribution is 2.12. The van der Waals surface area contributed by atoms with Crippen LogP contribution >= 0.6 is 0 Å². The molecule has 7 heteroatoms. The summed E-state index contributed by atoms with van der Waals surface area (Å²) in [5, 5.41) is 9.53. The van der Waals surface area contributed by atoms with Crippen LogP contribution in [-0.4, -0.2) is 33.1 Å². The number of pyridine rings is 1. The maximum Gasteiger partial charge on any atom is 0.252 e. The third kappa shape index (κ3) is 4.13. The van der Waals surface area contributed by atoms with E-state index in [0.29, 0.717) is 17.7 Å². The quantitative estimate of drug-likeness (QED) is 0.714. The van der Waals surface area contributed by atoms with Crippen molar-refractivity contribution in [2.45, 2.75) is 13.3 Å². The molecule has 0 spiro atoms. The fraction of sp³-hybridized carbons (Fsp3) is 0.158. The van der Waals surface area contributed by atoms with Crippen molar-refractivity contribution in [1.82, 2.24) is 20.1 Å². The lowest BCUT2D eigenvalue weighted by molar-refractivity contribution is -0.115. The minimum absolute atomic E-state index is 0.106. The molecule has 2 amide bonds. The van der Waals surface area contributed by atoms with Crippen LogP contribution in [0.1, 0.15) is 22.8 Å². The van der Waals surface area contributed by atoms with Gasteiger partial charge in [-0.1, -0.05) is 6.92 Å². The summed E-state index contributed by atoms with van der Waals surface area (Å²) >= 11 is 0. The molecule has 132 valence electrons. The highest BCUT2D eigenvalue weighted by atomic mass is 16.2. The van der Waals surface area contributed by atoms with E-state index >= 15 is 0 Å². The van der Waals surface area contributed by atoms with Crippen LogP contribution in [0.2, 0.25) is 0 Å². The second-order valence-electron chi connectivity index (χ2n) is 5.61. The average molecular weight is 349 g/mol. The van der Waals surface area contributed by atoms with Crippen LogP contribution in [0.15, 0.2) is 61.2 Å². The zero-order valence-corrected chi connectivity index (χ0v) is 14.3. The first-order valence-electron chi connectivity index (χ1n) is 8.28. The van der Waals surface area contributed by atoms with Gasteiger partial charge in [0.25, 0.3) is 5.91 Å². The Labute approximate surface area is 151 Å². The topological polar surface area (TPSA) is 88.9 Å². The summed E-state index contributed by atoms with van der Waals surface area (Å²) in [6, 6.07) is 10.8. The van der Waals surface area contributed by atoms with Crippen LogP contribution in [0, 0.1) is 0 Å². The van der Waals surface area contributed by atoms with E-state index in [2.05, 4.69) is 20.7 Å². The Hall–Kier alpha value is -3.48. The molecule has 0 atom stereocenters. The lowest BCUT2D eigenvalue weighted by Crippen LogP contribution is -2.33. The van der Waals surface area contributed by atoms with Crippen molar-refractivity contribution in [3.8, 4) is 5.69 Å². The molecular formula is C19H19N5O2. The summed E-state index contributed by atoms with van der Waals surface area (Å²) in [4.78, 5) is 28.3. The number of aromatic nitrogens is 3. The second-order valence-corrected chi connectivity index (χ2v) is 5.61. The molecule has 2 heterocycles. The van der Waals surface area contributed by atoms with E-state index in [1.54, 1.807) is 41.5 Å². The number of benzene rings is 1. The maximum atomic E-state index is 12.2. The smallest absolute Gasteiger partial charge is 0.252 e. The number of hydrogen-bond donors (Lipinski definition) is 2. The van der Waals surface area contributed by atoms with Crippen molar-refractivity contribution < 1.29 is 9.59 Å². The van der Waals surface area contributed by atoms with Gasteiger partial charge in [0.05, 0.1) is 12.2 Å². The van der Waals surface area contributed by atoms with Crippen LogP contribution in [-0.2, 0) is 11.2 Å². The van der Waals surface area contributed by atoms with Crippen LogP contribution in [0.25, 0.3) is 5.69 Å². The Morgan fingerprint density at radius 2 is 1.92 bits per heavy atom. The molecule has 0 unspecified atom stereocenters. The molecule has 3 aromatic rings. The fourth-order valence-electron chi connectivity index (χ4n) is 2.51. The van der Waals surface area contributed by atoms with Crippen molar-refractivity contribution in [1.29, 1.82) is 0 Å². The number of hydrogen-bond acceptors (Lipinski definition) is 4. The molecule has 0 aliphatic heterocycles. The largest absolute Gasteiger partial charge is 0.343 e. The Kier molecular flexibility index (Phi) is 5.38. The lowest BCUT2D eigenvalue weighted by atomic mass is 10.1. The molecule has 0 fully saturated rings. The van der Waals surface area contributed by atoms with Crippen LogP contribution in [0.5, 0.6) is 0 Å². The highest BCUT2D eigenvalue weighted by Gasteiger charge is 2.11. The molecule has 1 aromatic carbocycles. The summed E-state index contributed by atoms with van der Waals surface area (Å²) < 4.78 is 1.73. The Morgan fingerprint density at radius 3 is 2.62 bits per heavy atom. The molecule has 7 nitrogen and oxygen atoms in total. The summed E-state index contributed by atoms with van der Waals surface area (Å²) in [5.41, 5.74) is 2.93. The lowest BCUT2D eigenvalue weighted by Gasteiger charge is -2.09. The first kappa shape index (κ1) is 17.3. The molecule has 0 radical (unpaired) electrons. The highest BCUT2D eigenvalue weighted by molar-refractivity contribution is 6.00. The predicted octanol–water partition coefficient (Wildman–Crippen LogP) is 2.20. The first-order chi connectivity index (χ1) is 12.7. The molecule has 0 aliphatic carbocycles. The van der Waals surface area contributed by atoms with E-state index in [4.69, 9.17) is 0 Å². The summed E-state index contributed by atoms with van der Waals surface area (Å²) in [5.74, 6) is -0.578. The molecule has 2 aromatic heterocycles. The molecular weight excluding hydrogens is 330 g/mol. The number of carbonyl (C=O) groups excluding carboxylic acids is 2. The summed E-state index contributed by atoms with van der Waals surface area (Å²) in [7, 11) is 0. The van der Waals surface area contributed by atoms with E-state index in [1.807, 2.05) is 31.3 Å². The van der Waals surface area contributed by atoms with Gasteiger partial charge in [-0.15, -0.1) is 0 Å². The van der Waals surface area contributed by atoms with Crippen LogP contribution in [0.3, 0.4) is 0 Å². The van der Waals surface area contributed by atoms with Crippen molar-refractivity contribution in [3.63, 3.8) is 0 Å². The van der Waals surface area contributed by atoms with Gasteiger partial charge >= 0.3 is 0 Å². The van der Waals surface area contributed by atoms with Crippen molar-refractivity contribution in [3.05, 3.63) is 72.3 Å². The van der Waals surface area contributed by atoms with Crippen molar-refractivity contribution >= 4 is 17.5 Å². The summed E-state index contributed by atoms with van der Waals surface area (Å²) in [6.07, 6.45) is 7.47.